The van der Waals surface area contributed by atoms with Crippen molar-refractivity contribution in [2.75, 3.05) is 31.6 Å². The van der Waals surface area contributed by atoms with Crippen LogP contribution in [0.2, 0.25) is 0 Å². The fraction of sp³-hybridized carbons (Fsp3) is 0.278. The predicted octanol–water partition coefficient (Wildman–Crippen LogP) is 7.58. The molecule has 0 aliphatic carbocycles. The average Bonchev–Trinajstić information content (AvgIpc) is 3.83. The van der Waals surface area contributed by atoms with E-state index in [0.717, 1.165) is 82.4 Å². The highest BCUT2D eigenvalue weighted by Gasteiger charge is 2.17. The molecule has 0 unspecified atom stereocenters. The number of fused-ring (bicyclic) bond motifs is 2. The molecule has 1 amide bonds. The van der Waals surface area contributed by atoms with E-state index in [0.29, 0.717) is 30.0 Å². The molecule has 1 aliphatic heterocycles. The van der Waals surface area contributed by atoms with Crippen molar-refractivity contribution in [2.24, 2.45) is 0 Å². The summed E-state index contributed by atoms with van der Waals surface area (Å²) in [5, 5.41) is 12.6. The molecule has 10 heteroatoms. The second-order valence-corrected chi connectivity index (χ2v) is 11.9. The van der Waals surface area contributed by atoms with Gasteiger partial charge in [0.2, 0.25) is 5.91 Å². The number of pyridine rings is 2. The molecule has 2 aromatic carbocycles. The first kappa shape index (κ1) is 29.6. The van der Waals surface area contributed by atoms with E-state index < -0.39 is 0 Å². The summed E-state index contributed by atoms with van der Waals surface area (Å²) in [4.78, 5) is 26.9. The number of ether oxygens (including phenoxy) is 1. The van der Waals surface area contributed by atoms with Crippen molar-refractivity contribution in [2.45, 2.75) is 39.0 Å². The lowest BCUT2D eigenvalue weighted by molar-refractivity contribution is -0.116. The minimum atomic E-state index is -0.355. The Morgan fingerprint density at radius 2 is 1.80 bits per heavy atom. The number of benzene rings is 2. The van der Waals surface area contributed by atoms with Crippen molar-refractivity contribution in [3.63, 3.8) is 0 Å². The molecule has 9 nitrogen and oxygen atoms in total. The number of aromatic nitrogens is 5. The molecule has 5 heterocycles. The van der Waals surface area contributed by atoms with Gasteiger partial charge in [0, 0.05) is 53.3 Å². The number of nitrogens with one attached hydrogen (secondary N) is 3. The van der Waals surface area contributed by atoms with Crippen molar-refractivity contribution in [3.8, 4) is 39.4 Å². The molecular weight excluding hydrogens is 581 g/mol. The first-order chi connectivity index (χ1) is 22.5. The lowest BCUT2D eigenvalue weighted by Crippen LogP contribution is -2.25. The van der Waals surface area contributed by atoms with Gasteiger partial charge < -0.3 is 15.0 Å². The van der Waals surface area contributed by atoms with Gasteiger partial charge >= 0.3 is 0 Å². The number of anilines is 1. The van der Waals surface area contributed by atoms with Gasteiger partial charge in [-0.25, -0.2) is 4.39 Å². The van der Waals surface area contributed by atoms with Gasteiger partial charge in [0.05, 0.1) is 34.8 Å². The van der Waals surface area contributed by atoms with E-state index in [1.54, 1.807) is 24.8 Å². The summed E-state index contributed by atoms with van der Waals surface area (Å²) in [7, 11) is 0. The maximum Gasteiger partial charge on any atom is 0.224 e. The molecule has 1 fully saturated rings. The van der Waals surface area contributed by atoms with Gasteiger partial charge in [0.25, 0.3) is 0 Å². The lowest BCUT2D eigenvalue weighted by Gasteiger charge is -2.15. The molecule has 0 spiro atoms. The van der Waals surface area contributed by atoms with Crippen LogP contribution in [0.3, 0.4) is 0 Å². The standard InChI is InChI=1S/C36H36FN7O2/c1-2-3-6-35(45)40-27-14-25(19-38-20-27)23-7-8-32-30(16-23)36(43-42-32)33-18-29-31(21-39-22-34(29)41-33)24-13-26(37)17-28(15-24)46-12-11-44-9-4-5-10-44/h7-8,13-22,41H,2-6,9-12H2,1H3,(H,40,45)(H,42,43). The number of carbonyl (C=O) groups excluding carboxylic acids is 1. The zero-order valence-corrected chi connectivity index (χ0v) is 25.8. The monoisotopic (exact) mass is 617 g/mol. The second-order valence-electron chi connectivity index (χ2n) is 11.9. The topological polar surface area (TPSA) is 112 Å². The molecule has 234 valence electrons. The summed E-state index contributed by atoms with van der Waals surface area (Å²) in [6, 6.07) is 14.8. The summed E-state index contributed by atoms with van der Waals surface area (Å²) in [5.41, 5.74) is 7.25. The average molecular weight is 618 g/mol. The van der Waals surface area contributed by atoms with Crippen LogP contribution >= 0.6 is 0 Å². The summed E-state index contributed by atoms with van der Waals surface area (Å²) < 4.78 is 20.8. The summed E-state index contributed by atoms with van der Waals surface area (Å²) in [6.07, 6.45) is 11.7. The Morgan fingerprint density at radius 3 is 2.67 bits per heavy atom. The Bertz CT molecular complexity index is 2010. The molecule has 46 heavy (non-hydrogen) atoms. The van der Waals surface area contributed by atoms with Crippen LogP contribution < -0.4 is 10.1 Å². The molecule has 4 aromatic heterocycles. The Balaban J connectivity index is 1.17. The maximum absolute atomic E-state index is 14.8. The van der Waals surface area contributed by atoms with Crippen molar-refractivity contribution >= 4 is 33.4 Å². The number of likely N-dealkylation sites (tertiary alicyclic amines) is 1. The molecule has 0 atom stereocenters. The van der Waals surface area contributed by atoms with Crippen LogP contribution in [-0.4, -0.2) is 62.2 Å². The Kier molecular flexibility index (Phi) is 8.43. The third-order valence-corrected chi connectivity index (χ3v) is 8.53. The number of hydrogen-bond acceptors (Lipinski definition) is 6. The molecule has 0 saturated carbocycles. The predicted molar refractivity (Wildman–Crippen MR) is 179 cm³/mol. The Hall–Kier alpha value is -5.09. The van der Waals surface area contributed by atoms with Gasteiger partial charge in [-0.1, -0.05) is 19.4 Å². The smallest absolute Gasteiger partial charge is 0.224 e. The van der Waals surface area contributed by atoms with Crippen LogP contribution in [0, 0.1) is 5.82 Å². The molecule has 1 saturated heterocycles. The zero-order chi connectivity index (χ0) is 31.5. The van der Waals surface area contributed by atoms with Gasteiger partial charge in [-0.05, 0) is 79.9 Å². The summed E-state index contributed by atoms with van der Waals surface area (Å²) >= 11 is 0. The normalized spacial score (nSPS) is 13.5. The third-order valence-electron chi connectivity index (χ3n) is 8.53. The highest BCUT2D eigenvalue weighted by Crippen LogP contribution is 2.36. The van der Waals surface area contributed by atoms with Gasteiger partial charge in [-0.2, -0.15) is 5.10 Å². The summed E-state index contributed by atoms with van der Waals surface area (Å²) in [6.45, 7) is 5.60. The van der Waals surface area contributed by atoms with E-state index in [4.69, 9.17) is 4.74 Å². The van der Waals surface area contributed by atoms with Crippen LogP contribution in [0.4, 0.5) is 10.1 Å². The van der Waals surface area contributed by atoms with Crippen molar-refractivity contribution in [1.29, 1.82) is 0 Å². The van der Waals surface area contributed by atoms with Crippen molar-refractivity contribution < 1.29 is 13.9 Å². The lowest BCUT2D eigenvalue weighted by atomic mass is 10.0. The maximum atomic E-state index is 14.8. The van der Waals surface area contributed by atoms with E-state index in [1.165, 1.54) is 25.0 Å². The zero-order valence-electron chi connectivity index (χ0n) is 25.8. The molecule has 6 aromatic rings. The molecule has 0 radical (unpaired) electrons. The molecule has 3 N–H and O–H groups in total. The number of halogens is 1. The van der Waals surface area contributed by atoms with Crippen molar-refractivity contribution in [3.05, 3.63) is 79.1 Å². The molecule has 1 aliphatic rings. The number of rotatable bonds is 11. The van der Waals surface area contributed by atoms with E-state index in [1.807, 2.05) is 30.3 Å². The minimum absolute atomic E-state index is 0.0134. The number of nitrogens with zero attached hydrogens (tertiary/aromatic N) is 4. The van der Waals surface area contributed by atoms with Gasteiger partial charge in [0.15, 0.2) is 0 Å². The van der Waals surface area contributed by atoms with Gasteiger partial charge in [-0.15, -0.1) is 0 Å². The van der Waals surface area contributed by atoms with Crippen LogP contribution in [0.25, 0.3) is 55.4 Å². The first-order valence-electron chi connectivity index (χ1n) is 15.9. The van der Waals surface area contributed by atoms with Crippen LogP contribution in [0.1, 0.15) is 39.0 Å². The van der Waals surface area contributed by atoms with Crippen LogP contribution in [0.5, 0.6) is 5.75 Å². The fourth-order valence-electron chi connectivity index (χ4n) is 6.13. The molecule has 0 bridgehead atoms. The quantitative estimate of drug-likeness (QED) is 0.138. The van der Waals surface area contributed by atoms with E-state index in [9.17, 15) is 9.18 Å². The van der Waals surface area contributed by atoms with Gasteiger partial charge in [-0.3, -0.25) is 24.8 Å². The number of amides is 1. The number of H-pyrrole nitrogens is 2. The summed E-state index contributed by atoms with van der Waals surface area (Å²) in [5.74, 6) is 0.138. The number of hydrogen-bond donors (Lipinski definition) is 3. The number of carbonyl (C=O) groups is 1. The Labute approximate surface area is 266 Å². The van der Waals surface area contributed by atoms with Gasteiger partial charge in [0.1, 0.15) is 23.9 Å². The highest BCUT2D eigenvalue weighted by atomic mass is 19.1. The largest absolute Gasteiger partial charge is 0.492 e. The second kappa shape index (κ2) is 13.1. The minimum Gasteiger partial charge on any atom is -0.492 e. The number of aromatic amines is 2. The molecular formula is C36H36FN7O2. The SMILES string of the molecule is CCCCC(=O)Nc1cncc(-c2ccc3[nH]nc(-c4cc5c(-c6cc(F)cc(OCCN7CCCC7)c6)cncc5[nH]4)c3c2)c1. The van der Waals surface area contributed by atoms with E-state index >= 15 is 0 Å². The van der Waals surface area contributed by atoms with Crippen LogP contribution in [-0.2, 0) is 4.79 Å². The first-order valence-corrected chi connectivity index (χ1v) is 15.9. The van der Waals surface area contributed by atoms with E-state index in [2.05, 4.69) is 48.4 Å². The number of unbranched alkanes of at least 4 members (excludes halogenated alkanes) is 1. The van der Waals surface area contributed by atoms with Crippen LogP contribution in [0.15, 0.2) is 73.3 Å². The fourth-order valence-corrected chi connectivity index (χ4v) is 6.13. The highest BCUT2D eigenvalue weighted by molar-refractivity contribution is 6.01. The van der Waals surface area contributed by atoms with Crippen molar-refractivity contribution in [1.82, 2.24) is 30.0 Å². The van der Waals surface area contributed by atoms with E-state index in [-0.39, 0.29) is 11.7 Å². The third kappa shape index (κ3) is 6.34. The molecule has 7 rings (SSSR count). The Morgan fingerprint density at radius 1 is 0.935 bits per heavy atom.